The molecule has 4 nitrogen and oxygen atoms in total. The first kappa shape index (κ1) is 21.2. The Hall–Kier alpha value is -2.15. The zero-order chi connectivity index (χ0) is 20.4. The van der Waals surface area contributed by atoms with E-state index in [9.17, 15) is 13.2 Å². The third kappa shape index (κ3) is 5.92. The van der Waals surface area contributed by atoms with Crippen LogP contribution < -0.4 is 10.5 Å². The molecule has 7 heteroatoms. The van der Waals surface area contributed by atoms with Crippen molar-refractivity contribution in [2.24, 2.45) is 11.7 Å². The largest absolute Gasteiger partial charge is 0.491 e. The predicted molar refractivity (Wildman–Crippen MR) is 99.5 cm³/mol. The molecule has 1 unspecified atom stereocenters. The molecule has 1 aromatic heterocycles. The van der Waals surface area contributed by atoms with Crippen molar-refractivity contribution in [1.29, 1.82) is 0 Å². The average molecular weight is 381 g/mol. The predicted octanol–water partition coefficient (Wildman–Crippen LogP) is 4.92. The Morgan fingerprint density at radius 3 is 2.33 bits per heavy atom. The van der Waals surface area contributed by atoms with Gasteiger partial charge in [0.05, 0.1) is 11.3 Å². The summed E-state index contributed by atoms with van der Waals surface area (Å²) >= 11 is 0. The molecule has 0 spiro atoms. The first-order valence-corrected chi connectivity index (χ1v) is 8.83. The van der Waals surface area contributed by atoms with Gasteiger partial charge in [-0.1, -0.05) is 13.8 Å². The Morgan fingerprint density at radius 1 is 1.11 bits per heavy atom. The van der Waals surface area contributed by atoms with E-state index in [1.54, 1.807) is 32.9 Å². The highest BCUT2D eigenvalue weighted by atomic mass is 19.4. The molecule has 0 aliphatic rings. The van der Waals surface area contributed by atoms with Crippen LogP contribution in [-0.2, 0) is 6.18 Å². The first-order valence-electron chi connectivity index (χ1n) is 8.83. The van der Waals surface area contributed by atoms with Gasteiger partial charge in [-0.3, -0.25) is 0 Å². The molecule has 2 rings (SSSR count). The summed E-state index contributed by atoms with van der Waals surface area (Å²) in [6.45, 7) is 9.27. The van der Waals surface area contributed by atoms with Crippen molar-refractivity contribution in [2.75, 3.05) is 6.61 Å². The van der Waals surface area contributed by atoms with Crippen LogP contribution >= 0.6 is 0 Å². The molecule has 0 fully saturated rings. The van der Waals surface area contributed by atoms with E-state index in [0.717, 1.165) is 6.07 Å². The summed E-state index contributed by atoms with van der Waals surface area (Å²) in [5, 5.41) is 0. The minimum atomic E-state index is -4.55. The maximum absolute atomic E-state index is 13.6. The fraction of sp³-hybridized carbons (Fsp3) is 0.500. The second-order valence-electron chi connectivity index (χ2n) is 7.69. The van der Waals surface area contributed by atoms with Crippen LogP contribution in [0.4, 0.5) is 13.2 Å². The molecule has 27 heavy (non-hydrogen) atoms. The van der Waals surface area contributed by atoms with E-state index in [-0.39, 0.29) is 12.4 Å². The van der Waals surface area contributed by atoms with Crippen LogP contribution in [0.3, 0.4) is 0 Å². The van der Waals surface area contributed by atoms with Gasteiger partial charge in [-0.2, -0.15) is 13.2 Å². The lowest BCUT2D eigenvalue weighted by atomic mass is 9.93. The fourth-order valence-electron chi connectivity index (χ4n) is 3.14. The number of hydrogen-bond donors (Lipinski definition) is 1. The number of alkyl halides is 3. The third-order valence-electron chi connectivity index (χ3n) is 3.98. The van der Waals surface area contributed by atoms with E-state index >= 15 is 0 Å². The van der Waals surface area contributed by atoms with Crippen LogP contribution in [0.1, 0.15) is 44.3 Å². The van der Waals surface area contributed by atoms with E-state index in [4.69, 9.17) is 10.5 Å². The Morgan fingerprint density at radius 2 is 1.78 bits per heavy atom. The van der Waals surface area contributed by atoms with Gasteiger partial charge in [-0.25, -0.2) is 9.97 Å². The topological polar surface area (TPSA) is 61.0 Å². The molecule has 2 N–H and O–H groups in total. The van der Waals surface area contributed by atoms with Crippen LogP contribution in [0.5, 0.6) is 5.75 Å². The van der Waals surface area contributed by atoms with E-state index in [1.807, 2.05) is 13.8 Å². The molecule has 148 valence electrons. The van der Waals surface area contributed by atoms with Gasteiger partial charge < -0.3 is 10.5 Å². The average Bonchev–Trinajstić information content (AvgIpc) is 2.50. The minimum absolute atomic E-state index is 0.000665. The summed E-state index contributed by atoms with van der Waals surface area (Å²) in [5.74, 6) is 0.595. The number of nitrogens with two attached hydrogens (primary N) is 1. The van der Waals surface area contributed by atoms with Gasteiger partial charge in [-0.15, -0.1) is 0 Å². The van der Waals surface area contributed by atoms with Crippen molar-refractivity contribution >= 4 is 0 Å². The number of nitrogens with zero attached hydrogens (tertiary/aromatic N) is 2. The first-order chi connectivity index (χ1) is 12.4. The molecule has 1 aromatic carbocycles. The Bertz CT molecular complexity index is 781. The van der Waals surface area contributed by atoms with Crippen LogP contribution in [0.15, 0.2) is 24.3 Å². The number of rotatable bonds is 6. The summed E-state index contributed by atoms with van der Waals surface area (Å²) in [6, 6.07) is 5.62. The highest BCUT2D eigenvalue weighted by Gasteiger charge is 2.35. The molecule has 0 aliphatic carbocycles. The van der Waals surface area contributed by atoms with E-state index < -0.39 is 17.3 Å². The monoisotopic (exact) mass is 381 g/mol. The Labute approximate surface area is 158 Å². The summed E-state index contributed by atoms with van der Waals surface area (Å²) < 4.78 is 46.3. The summed E-state index contributed by atoms with van der Waals surface area (Å²) in [6.07, 6.45) is -3.91. The van der Waals surface area contributed by atoms with Gasteiger partial charge in [0.25, 0.3) is 0 Å². The fourth-order valence-corrected chi connectivity index (χ4v) is 3.14. The standard InChI is InChI=1S/C20H26F3N3O/c1-12(2)10-19(5,24)11-27-18-7-6-15(9-16(18)20(21,22)23)17-8-13(3)25-14(4)26-17/h6-9,12H,10-11,24H2,1-5H3. The van der Waals surface area contributed by atoms with Gasteiger partial charge in [0.15, 0.2) is 0 Å². The zero-order valence-corrected chi connectivity index (χ0v) is 16.3. The molecule has 0 radical (unpaired) electrons. The van der Waals surface area contributed by atoms with Crippen molar-refractivity contribution in [2.45, 2.75) is 52.8 Å². The Balaban J connectivity index is 2.36. The molecular weight excluding hydrogens is 355 g/mol. The maximum Gasteiger partial charge on any atom is 0.419 e. The summed E-state index contributed by atoms with van der Waals surface area (Å²) in [4.78, 5) is 8.39. The minimum Gasteiger partial charge on any atom is -0.491 e. The van der Waals surface area contributed by atoms with Crippen LogP contribution in [0, 0.1) is 19.8 Å². The van der Waals surface area contributed by atoms with E-state index in [1.165, 1.54) is 6.07 Å². The van der Waals surface area contributed by atoms with Gasteiger partial charge >= 0.3 is 6.18 Å². The summed E-state index contributed by atoms with van der Waals surface area (Å²) in [7, 11) is 0. The lowest BCUT2D eigenvalue weighted by Gasteiger charge is -2.27. The zero-order valence-electron chi connectivity index (χ0n) is 16.3. The van der Waals surface area contributed by atoms with Crippen molar-refractivity contribution in [3.8, 4) is 17.0 Å². The molecule has 1 atom stereocenters. The van der Waals surface area contributed by atoms with Gasteiger partial charge in [0, 0.05) is 16.8 Å². The lowest BCUT2D eigenvalue weighted by molar-refractivity contribution is -0.139. The van der Waals surface area contributed by atoms with Crippen LogP contribution in [0.2, 0.25) is 0 Å². The van der Waals surface area contributed by atoms with Gasteiger partial charge in [0.1, 0.15) is 18.2 Å². The SMILES string of the molecule is Cc1cc(-c2ccc(OCC(C)(N)CC(C)C)c(C(F)(F)F)c2)nc(C)n1. The molecule has 2 aromatic rings. The van der Waals surface area contributed by atoms with Crippen LogP contribution in [-0.4, -0.2) is 22.1 Å². The Kier molecular flexibility index (Phi) is 6.14. The van der Waals surface area contributed by atoms with E-state index in [2.05, 4.69) is 9.97 Å². The third-order valence-corrected chi connectivity index (χ3v) is 3.98. The molecule has 0 aliphatic heterocycles. The molecule has 1 heterocycles. The lowest BCUT2D eigenvalue weighted by Crippen LogP contribution is -2.43. The maximum atomic E-state index is 13.6. The smallest absolute Gasteiger partial charge is 0.419 e. The molecular formula is C20H26F3N3O. The van der Waals surface area contributed by atoms with Crippen LogP contribution in [0.25, 0.3) is 11.3 Å². The van der Waals surface area contributed by atoms with Gasteiger partial charge in [-0.05, 0) is 57.4 Å². The van der Waals surface area contributed by atoms with Gasteiger partial charge in [0.2, 0.25) is 0 Å². The number of aromatic nitrogens is 2. The number of halogens is 3. The molecule has 0 saturated heterocycles. The summed E-state index contributed by atoms with van der Waals surface area (Å²) in [5.41, 5.74) is 6.11. The molecule has 0 saturated carbocycles. The van der Waals surface area contributed by atoms with Crippen molar-refractivity contribution in [3.05, 3.63) is 41.3 Å². The second-order valence-corrected chi connectivity index (χ2v) is 7.69. The number of hydrogen-bond acceptors (Lipinski definition) is 4. The molecule has 0 bridgehead atoms. The number of benzene rings is 1. The number of aryl methyl sites for hydroxylation is 2. The molecule has 0 amide bonds. The highest BCUT2D eigenvalue weighted by molar-refractivity contribution is 5.63. The van der Waals surface area contributed by atoms with E-state index in [0.29, 0.717) is 35.1 Å². The quantitative estimate of drug-likeness (QED) is 0.771. The van der Waals surface area contributed by atoms with Crippen molar-refractivity contribution < 1.29 is 17.9 Å². The normalized spacial score (nSPS) is 14.3. The second kappa shape index (κ2) is 7.84. The van der Waals surface area contributed by atoms with Crippen molar-refractivity contribution in [3.63, 3.8) is 0 Å². The van der Waals surface area contributed by atoms with Crippen molar-refractivity contribution in [1.82, 2.24) is 9.97 Å². The highest BCUT2D eigenvalue weighted by Crippen LogP contribution is 2.39. The number of ether oxygens (including phenoxy) is 1.